The van der Waals surface area contributed by atoms with Crippen LogP contribution in [0.25, 0.3) is 5.57 Å². The second-order valence-corrected chi connectivity index (χ2v) is 5.75. The molecule has 20 heavy (non-hydrogen) atoms. The number of benzene rings is 1. The quantitative estimate of drug-likeness (QED) is 0.609. The average molecular weight is 348 g/mol. The van der Waals surface area contributed by atoms with Gasteiger partial charge in [0, 0.05) is 24.1 Å². The third kappa shape index (κ3) is 3.90. The number of allylic oxidation sites excluding steroid dienone is 3. The van der Waals surface area contributed by atoms with Gasteiger partial charge in [-0.1, -0.05) is 34.1 Å². The summed E-state index contributed by atoms with van der Waals surface area (Å²) in [7, 11) is 3.86. The van der Waals surface area contributed by atoms with Crippen molar-refractivity contribution in [3.8, 4) is 12.1 Å². The van der Waals surface area contributed by atoms with Crippen LogP contribution in [0.4, 0.5) is 0 Å². The molecule has 1 aromatic carbocycles. The number of halogens is 1. The van der Waals surface area contributed by atoms with Crippen LogP contribution < -0.4 is 0 Å². The predicted molar refractivity (Wildman–Crippen MR) is 87.6 cm³/mol. The van der Waals surface area contributed by atoms with Crippen LogP contribution in [0.3, 0.4) is 0 Å². The van der Waals surface area contributed by atoms with Crippen LogP contribution in [0.5, 0.6) is 0 Å². The van der Waals surface area contributed by atoms with Gasteiger partial charge in [0.2, 0.25) is 0 Å². The molecule has 102 valence electrons. The molecule has 0 atom stereocenters. The highest BCUT2D eigenvalue weighted by Gasteiger charge is 2.12. The second-order valence-electron chi connectivity index (χ2n) is 4.07. The summed E-state index contributed by atoms with van der Waals surface area (Å²) in [4.78, 5) is 1.95. The Hall–Kier alpha value is -1.69. The van der Waals surface area contributed by atoms with Gasteiger partial charge in [-0.3, -0.25) is 0 Å². The molecule has 0 aliphatic rings. The summed E-state index contributed by atoms with van der Waals surface area (Å²) < 4.78 is 0.855. The van der Waals surface area contributed by atoms with Gasteiger partial charge in [-0.05, 0) is 24.0 Å². The smallest absolute Gasteiger partial charge is 0.137 e. The molecule has 1 aromatic rings. The summed E-state index contributed by atoms with van der Waals surface area (Å²) in [6.07, 6.45) is 3.83. The zero-order valence-electron chi connectivity index (χ0n) is 11.5. The highest BCUT2D eigenvalue weighted by molar-refractivity contribution is 9.10. The summed E-state index contributed by atoms with van der Waals surface area (Å²) in [5, 5.41) is 19.3. The summed E-state index contributed by atoms with van der Waals surface area (Å²) in [6, 6.07) is 11.5. The molecule has 1 rings (SSSR count). The lowest BCUT2D eigenvalue weighted by atomic mass is 10.0. The summed E-state index contributed by atoms with van der Waals surface area (Å²) >= 11 is 5.03. The third-order valence-corrected chi connectivity index (χ3v) is 4.17. The molecule has 0 spiro atoms. The Morgan fingerprint density at radius 3 is 2.30 bits per heavy atom. The molecule has 0 aliphatic carbocycles. The molecule has 0 aromatic heterocycles. The van der Waals surface area contributed by atoms with Gasteiger partial charge in [-0.15, -0.1) is 11.8 Å². The van der Waals surface area contributed by atoms with Gasteiger partial charge in [0.15, 0.2) is 0 Å². The van der Waals surface area contributed by atoms with Gasteiger partial charge >= 0.3 is 0 Å². The van der Waals surface area contributed by atoms with Crippen molar-refractivity contribution in [3.63, 3.8) is 0 Å². The van der Waals surface area contributed by atoms with Crippen LogP contribution in [-0.4, -0.2) is 25.3 Å². The molecular formula is C15H14BrN3S. The molecule has 0 fully saturated rings. The first kappa shape index (κ1) is 16.4. The van der Waals surface area contributed by atoms with Crippen molar-refractivity contribution >= 4 is 33.3 Å². The lowest BCUT2D eigenvalue weighted by molar-refractivity contribution is 0.551. The molecular weight excluding hydrogens is 334 g/mol. The molecule has 5 heteroatoms. The van der Waals surface area contributed by atoms with E-state index >= 15 is 0 Å². The molecule has 0 amide bonds. The lowest BCUT2D eigenvalue weighted by Gasteiger charge is -2.16. The monoisotopic (exact) mass is 347 g/mol. The summed E-state index contributed by atoms with van der Waals surface area (Å²) in [6.45, 7) is 0. The van der Waals surface area contributed by atoms with Crippen molar-refractivity contribution in [2.45, 2.75) is 0 Å². The fourth-order valence-electron chi connectivity index (χ4n) is 1.60. The predicted octanol–water partition coefficient (Wildman–Crippen LogP) is 4.02. The average Bonchev–Trinajstić information content (AvgIpc) is 2.44. The van der Waals surface area contributed by atoms with Crippen molar-refractivity contribution in [3.05, 3.63) is 51.0 Å². The van der Waals surface area contributed by atoms with Crippen LogP contribution in [0.2, 0.25) is 0 Å². The number of rotatable bonds is 4. The Balaban J connectivity index is 3.57. The Morgan fingerprint density at radius 1 is 1.25 bits per heavy atom. The minimum Gasteiger partial charge on any atom is -0.372 e. The number of thioether (sulfide) groups is 1. The maximum absolute atomic E-state index is 9.18. The van der Waals surface area contributed by atoms with E-state index in [4.69, 9.17) is 0 Å². The van der Waals surface area contributed by atoms with E-state index in [1.807, 2.05) is 67.7 Å². The Kier molecular flexibility index (Phi) is 6.38. The first-order valence-corrected chi connectivity index (χ1v) is 7.79. The van der Waals surface area contributed by atoms with Crippen molar-refractivity contribution in [1.82, 2.24) is 4.90 Å². The molecule has 0 aliphatic heterocycles. The minimum absolute atomic E-state index is 0.102. The zero-order chi connectivity index (χ0) is 15.1. The number of nitrogens with zero attached hydrogens (tertiary/aromatic N) is 3. The van der Waals surface area contributed by atoms with Crippen molar-refractivity contribution in [2.75, 3.05) is 20.4 Å². The van der Waals surface area contributed by atoms with Crippen LogP contribution in [0.1, 0.15) is 5.56 Å². The fraction of sp³-hybridized carbons (Fsp3) is 0.200. The highest BCUT2D eigenvalue weighted by atomic mass is 79.9. The van der Waals surface area contributed by atoms with Gasteiger partial charge in [-0.2, -0.15) is 10.5 Å². The van der Waals surface area contributed by atoms with Crippen LogP contribution in [-0.2, 0) is 0 Å². The maximum Gasteiger partial charge on any atom is 0.137 e. The van der Waals surface area contributed by atoms with E-state index in [9.17, 15) is 10.5 Å². The van der Waals surface area contributed by atoms with Crippen molar-refractivity contribution in [1.29, 1.82) is 10.5 Å². The number of hydrogen-bond acceptors (Lipinski definition) is 4. The molecule has 3 nitrogen and oxygen atoms in total. The number of nitriles is 2. The largest absolute Gasteiger partial charge is 0.372 e. The normalized spacial score (nSPS) is 10.4. The van der Waals surface area contributed by atoms with Gasteiger partial charge in [-0.25, -0.2) is 0 Å². The second kappa shape index (κ2) is 7.79. The van der Waals surface area contributed by atoms with E-state index in [1.165, 1.54) is 0 Å². The molecule has 0 N–H and O–H groups in total. The van der Waals surface area contributed by atoms with Gasteiger partial charge in [0.1, 0.15) is 17.7 Å². The number of hydrogen-bond donors (Lipinski definition) is 0. The SMILES string of the molecule is CS/C(=C/C(=C(C#N)C#N)c1ccccc1Br)N(C)C. The Morgan fingerprint density at radius 2 is 1.85 bits per heavy atom. The zero-order valence-corrected chi connectivity index (χ0v) is 13.9. The molecule has 0 heterocycles. The minimum atomic E-state index is 0.102. The van der Waals surface area contributed by atoms with Gasteiger partial charge < -0.3 is 4.90 Å². The van der Waals surface area contributed by atoms with E-state index in [0.29, 0.717) is 5.57 Å². The van der Waals surface area contributed by atoms with Crippen molar-refractivity contribution in [2.24, 2.45) is 0 Å². The standard InChI is InChI=1S/C15H14BrN3S/c1-19(2)15(20-3)8-13(11(9-17)10-18)12-6-4-5-7-14(12)16/h4-8H,1-3H3/b15-8+. The topological polar surface area (TPSA) is 50.8 Å². The van der Waals surface area contributed by atoms with Gasteiger partial charge in [0.25, 0.3) is 0 Å². The molecule has 0 radical (unpaired) electrons. The van der Waals surface area contributed by atoms with E-state index in [2.05, 4.69) is 15.9 Å². The Bertz CT molecular complexity index is 617. The Labute approximate surface area is 132 Å². The first-order valence-electron chi connectivity index (χ1n) is 5.77. The first-order chi connectivity index (χ1) is 9.54. The van der Waals surface area contributed by atoms with E-state index < -0.39 is 0 Å². The third-order valence-electron chi connectivity index (χ3n) is 2.57. The maximum atomic E-state index is 9.18. The van der Waals surface area contributed by atoms with Gasteiger partial charge in [0.05, 0.1) is 5.03 Å². The molecule has 0 saturated carbocycles. The summed E-state index contributed by atoms with van der Waals surface area (Å²) in [5.74, 6) is 0. The van der Waals surface area contributed by atoms with E-state index in [0.717, 1.165) is 15.1 Å². The fourth-order valence-corrected chi connectivity index (χ4v) is 2.70. The van der Waals surface area contributed by atoms with Crippen LogP contribution >= 0.6 is 27.7 Å². The molecule has 0 saturated heterocycles. The summed E-state index contributed by atoms with van der Waals surface area (Å²) in [5.41, 5.74) is 1.56. The molecule has 0 unspecified atom stereocenters. The van der Waals surface area contributed by atoms with E-state index in [1.54, 1.807) is 11.8 Å². The molecule has 0 bridgehead atoms. The van der Waals surface area contributed by atoms with Crippen LogP contribution in [0.15, 0.2) is 45.4 Å². The lowest BCUT2D eigenvalue weighted by Crippen LogP contribution is -2.08. The van der Waals surface area contributed by atoms with Crippen LogP contribution in [0, 0.1) is 22.7 Å². The van der Waals surface area contributed by atoms with E-state index in [-0.39, 0.29) is 5.57 Å². The van der Waals surface area contributed by atoms with Crippen molar-refractivity contribution < 1.29 is 0 Å². The highest BCUT2D eigenvalue weighted by Crippen LogP contribution is 2.30.